The van der Waals surface area contributed by atoms with E-state index < -0.39 is 17.5 Å². The summed E-state index contributed by atoms with van der Waals surface area (Å²) >= 11 is 0. The molecule has 0 spiro atoms. The molecule has 1 rings (SSSR count). The van der Waals surface area contributed by atoms with E-state index in [4.69, 9.17) is 10.00 Å². The smallest absolute Gasteiger partial charge is 0.312 e. The Balaban J connectivity index is 2.70. The number of ether oxygens (including phenoxy) is 1. The van der Waals surface area contributed by atoms with Crippen molar-refractivity contribution in [1.29, 1.82) is 5.26 Å². The molecule has 1 fully saturated rings. The van der Waals surface area contributed by atoms with Crippen molar-refractivity contribution in [2.75, 3.05) is 6.61 Å². The molecular weight excluding hydrogens is 170 g/mol. The quantitative estimate of drug-likeness (QED) is 0.503. The van der Waals surface area contributed by atoms with E-state index in [1.165, 1.54) is 0 Å². The number of hydrogen-bond donors (Lipinski definition) is 1. The number of nitriles is 1. The standard InChI is InChI=1S/C9H13NO3/c1-2-13-8(11)7-4-3-5-9(7,12)6-10/h7,12H,2-5H2,1H3/t7-,9+/m1/s1. The summed E-state index contributed by atoms with van der Waals surface area (Å²) in [7, 11) is 0. The van der Waals surface area contributed by atoms with Crippen LogP contribution in [0.3, 0.4) is 0 Å². The number of rotatable bonds is 2. The fourth-order valence-electron chi connectivity index (χ4n) is 1.68. The maximum absolute atomic E-state index is 11.3. The minimum absolute atomic E-state index is 0.289. The summed E-state index contributed by atoms with van der Waals surface area (Å²) in [6.07, 6.45) is 1.61. The molecule has 1 N–H and O–H groups in total. The summed E-state index contributed by atoms with van der Waals surface area (Å²) in [5.74, 6) is -1.11. The van der Waals surface area contributed by atoms with E-state index in [1.54, 1.807) is 13.0 Å². The summed E-state index contributed by atoms with van der Waals surface area (Å²) in [4.78, 5) is 11.3. The van der Waals surface area contributed by atoms with Gasteiger partial charge in [0.1, 0.15) is 0 Å². The van der Waals surface area contributed by atoms with E-state index in [0.717, 1.165) is 0 Å². The van der Waals surface area contributed by atoms with Crippen LogP contribution in [0.4, 0.5) is 0 Å². The molecule has 0 heterocycles. The Kier molecular flexibility index (Phi) is 2.89. The van der Waals surface area contributed by atoms with Crippen LogP contribution in [0.2, 0.25) is 0 Å². The van der Waals surface area contributed by atoms with Gasteiger partial charge in [-0.15, -0.1) is 0 Å². The van der Waals surface area contributed by atoms with Crippen molar-refractivity contribution in [2.45, 2.75) is 31.8 Å². The Hall–Kier alpha value is -1.08. The van der Waals surface area contributed by atoms with Gasteiger partial charge in [-0.1, -0.05) is 0 Å². The molecule has 0 unspecified atom stereocenters. The van der Waals surface area contributed by atoms with E-state index in [1.807, 2.05) is 0 Å². The molecule has 0 aromatic carbocycles. The lowest BCUT2D eigenvalue weighted by molar-refractivity contribution is -0.153. The predicted molar refractivity (Wildman–Crippen MR) is 44.5 cm³/mol. The number of esters is 1. The van der Waals surface area contributed by atoms with Crippen molar-refractivity contribution in [1.82, 2.24) is 0 Å². The molecule has 2 atom stereocenters. The van der Waals surface area contributed by atoms with Crippen LogP contribution in [0.1, 0.15) is 26.2 Å². The first-order valence-corrected chi connectivity index (χ1v) is 4.44. The van der Waals surface area contributed by atoms with Crippen LogP contribution < -0.4 is 0 Å². The Morgan fingerprint density at radius 2 is 2.54 bits per heavy atom. The highest BCUT2D eigenvalue weighted by Crippen LogP contribution is 2.35. The largest absolute Gasteiger partial charge is 0.466 e. The zero-order chi connectivity index (χ0) is 9.90. The molecule has 0 amide bonds. The van der Waals surface area contributed by atoms with Gasteiger partial charge in [0, 0.05) is 0 Å². The number of nitrogens with zero attached hydrogens (tertiary/aromatic N) is 1. The lowest BCUT2D eigenvalue weighted by Crippen LogP contribution is -2.37. The normalized spacial score (nSPS) is 32.5. The van der Waals surface area contributed by atoms with Crippen LogP contribution in [0.15, 0.2) is 0 Å². The lowest BCUT2D eigenvalue weighted by Gasteiger charge is -2.20. The van der Waals surface area contributed by atoms with Crippen LogP contribution in [0.5, 0.6) is 0 Å². The molecule has 0 saturated heterocycles. The Bertz CT molecular complexity index is 246. The first kappa shape index (κ1) is 10.0. The van der Waals surface area contributed by atoms with Crippen molar-refractivity contribution in [2.24, 2.45) is 5.92 Å². The molecule has 0 bridgehead atoms. The molecule has 72 valence electrons. The van der Waals surface area contributed by atoms with E-state index in [-0.39, 0.29) is 6.61 Å². The molecule has 0 aromatic heterocycles. The van der Waals surface area contributed by atoms with E-state index in [9.17, 15) is 9.90 Å². The second-order valence-corrected chi connectivity index (χ2v) is 3.23. The Morgan fingerprint density at radius 1 is 1.85 bits per heavy atom. The Morgan fingerprint density at radius 3 is 3.08 bits per heavy atom. The molecule has 0 aromatic rings. The zero-order valence-electron chi connectivity index (χ0n) is 7.62. The van der Waals surface area contributed by atoms with Crippen molar-refractivity contribution in [3.05, 3.63) is 0 Å². The third-order valence-electron chi connectivity index (χ3n) is 2.39. The average Bonchev–Trinajstić information content (AvgIpc) is 2.49. The van der Waals surface area contributed by atoms with Crippen molar-refractivity contribution in [3.8, 4) is 6.07 Å². The van der Waals surface area contributed by atoms with Gasteiger partial charge in [-0.3, -0.25) is 4.79 Å². The summed E-state index contributed by atoms with van der Waals surface area (Å²) < 4.78 is 4.77. The van der Waals surface area contributed by atoms with Gasteiger partial charge in [0.2, 0.25) is 0 Å². The predicted octanol–water partition coefficient (Wildman–Crippen LogP) is 0.604. The highest BCUT2D eigenvalue weighted by molar-refractivity contribution is 5.75. The number of carbonyl (C=O) groups excluding carboxylic acids is 1. The number of carbonyl (C=O) groups is 1. The number of hydrogen-bond acceptors (Lipinski definition) is 4. The third kappa shape index (κ3) is 1.81. The monoisotopic (exact) mass is 183 g/mol. The van der Waals surface area contributed by atoms with Crippen LogP contribution >= 0.6 is 0 Å². The molecule has 1 saturated carbocycles. The summed E-state index contributed by atoms with van der Waals surface area (Å²) in [6, 6.07) is 1.78. The fourth-order valence-corrected chi connectivity index (χ4v) is 1.68. The highest BCUT2D eigenvalue weighted by Gasteiger charge is 2.46. The van der Waals surface area contributed by atoms with E-state index >= 15 is 0 Å². The van der Waals surface area contributed by atoms with E-state index in [2.05, 4.69) is 0 Å². The molecule has 1 aliphatic carbocycles. The van der Waals surface area contributed by atoms with Gasteiger partial charge in [0.05, 0.1) is 18.6 Å². The van der Waals surface area contributed by atoms with Gasteiger partial charge in [-0.25, -0.2) is 0 Å². The molecule has 0 radical (unpaired) electrons. The average molecular weight is 183 g/mol. The van der Waals surface area contributed by atoms with Crippen LogP contribution in [-0.2, 0) is 9.53 Å². The second-order valence-electron chi connectivity index (χ2n) is 3.23. The molecular formula is C9H13NO3. The SMILES string of the molecule is CCOC(=O)[C@H]1CCC[C@]1(O)C#N. The van der Waals surface area contributed by atoms with Crippen LogP contribution in [0.25, 0.3) is 0 Å². The van der Waals surface area contributed by atoms with Gasteiger partial charge in [-0.05, 0) is 26.2 Å². The van der Waals surface area contributed by atoms with Crippen LogP contribution in [0, 0.1) is 17.2 Å². The van der Waals surface area contributed by atoms with Gasteiger partial charge in [-0.2, -0.15) is 5.26 Å². The topological polar surface area (TPSA) is 70.3 Å². The van der Waals surface area contributed by atoms with Crippen LogP contribution in [-0.4, -0.2) is 23.3 Å². The minimum Gasteiger partial charge on any atom is -0.466 e. The highest BCUT2D eigenvalue weighted by atomic mass is 16.5. The molecule has 4 nitrogen and oxygen atoms in total. The van der Waals surface area contributed by atoms with Crippen molar-refractivity contribution < 1.29 is 14.6 Å². The second kappa shape index (κ2) is 3.75. The first-order valence-electron chi connectivity index (χ1n) is 4.44. The first-order chi connectivity index (χ1) is 6.14. The molecule has 1 aliphatic rings. The summed E-state index contributed by atoms with van der Waals surface area (Å²) in [5.41, 5.74) is -1.49. The van der Waals surface area contributed by atoms with Gasteiger partial charge in [0.15, 0.2) is 5.60 Å². The zero-order valence-corrected chi connectivity index (χ0v) is 7.62. The summed E-state index contributed by atoms with van der Waals surface area (Å²) in [6.45, 7) is 2.00. The minimum atomic E-state index is -1.49. The van der Waals surface area contributed by atoms with Gasteiger partial charge in [0.25, 0.3) is 0 Å². The van der Waals surface area contributed by atoms with E-state index in [0.29, 0.717) is 19.3 Å². The molecule has 4 heteroatoms. The lowest BCUT2D eigenvalue weighted by atomic mass is 9.92. The molecule has 13 heavy (non-hydrogen) atoms. The van der Waals surface area contributed by atoms with Gasteiger partial charge >= 0.3 is 5.97 Å². The fraction of sp³-hybridized carbons (Fsp3) is 0.778. The van der Waals surface area contributed by atoms with Crippen molar-refractivity contribution in [3.63, 3.8) is 0 Å². The number of aliphatic hydroxyl groups is 1. The maximum Gasteiger partial charge on any atom is 0.312 e. The maximum atomic E-state index is 11.3. The Labute approximate surface area is 77.1 Å². The molecule has 0 aliphatic heterocycles. The van der Waals surface area contributed by atoms with Crippen molar-refractivity contribution >= 4 is 5.97 Å². The summed E-state index contributed by atoms with van der Waals surface area (Å²) in [5, 5.41) is 18.4. The van der Waals surface area contributed by atoms with Gasteiger partial charge < -0.3 is 9.84 Å². The third-order valence-corrected chi connectivity index (χ3v) is 2.39.